The summed E-state index contributed by atoms with van der Waals surface area (Å²) in [7, 11) is 0. The van der Waals surface area contributed by atoms with Gasteiger partial charge in [0.25, 0.3) is 11.8 Å². The molecule has 0 saturated carbocycles. The summed E-state index contributed by atoms with van der Waals surface area (Å²) >= 11 is 6.10. The van der Waals surface area contributed by atoms with Crippen molar-refractivity contribution in [1.82, 2.24) is 25.6 Å². The average molecular weight is 434 g/mol. The quantitative estimate of drug-likeness (QED) is 0.470. The third-order valence-corrected chi connectivity index (χ3v) is 5.01. The fraction of sp³-hybridized carbons (Fsp3) is 0.130. The van der Waals surface area contributed by atoms with Crippen LogP contribution in [0.2, 0.25) is 5.02 Å². The average Bonchev–Trinajstić information content (AvgIpc) is 3.22. The van der Waals surface area contributed by atoms with Crippen LogP contribution in [0, 0.1) is 0 Å². The van der Waals surface area contributed by atoms with Crippen molar-refractivity contribution in [3.63, 3.8) is 0 Å². The highest BCUT2D eigenvalue weighted by atomic mass is 35.5. The number of pyridine rings is 1. The number of rotatable bonds is 4. The highest BCUT2D eigenvalue weighted by Gasteiger charge is 2.21. The second kappa shape index (κ2) is 8.57. The number of halogens is 1. The Labute approximate surface area is 184 Å². The molecule has 0 aliphatic carbocycles. The van der Waals surface area contributed by atoms with E-state index < -0.39 is 11.8 Å². The van der Waals surface area contributed by atoms with Gasteiger partial charge in [-0.25, -0.2) is 9.67 Å². The van der Waals surface area contributed by atoms with E-state index in [1.54, 1.807) is 22.9 Å². The maximum absolute atomic E-state index is 12.8. The van der Waals surface area contributed by atoms with E-state index in [4.69, 9.17) is 11.6 Å². The first kappa shape index (κ1) is 20.6. The van der Waals surface area contributed by atoms with Crippen molar-refractivity contribution in [2.45, 2.75) is 19.8 Å². The van der Waals surface area contributed by atoms with E-state index in [1.807, 2.05) is 56.3 Å². The van der Waals surface area contributed by atoms with Gasteiger partial charge in [-0.3, -0.25) is 20.4 Å². The van der Waals surface area contributed by atoms with Crippen molar-refractivity contribution in [2.24, 2.45) is 0 Å². The van der Waals surface area contributed by atoms with Crippen LogP contribution in [0.5, 0.6) is 0 Å². The first-order valence-electron chi connectivity index (χ1n) is 9.74. The SMILES string of the molecule is CC(C)c1c(C(=O)NNC(=O)c2ccc3ccccc3n2)cnn1-c1cccc(Cl)c1. The van der Waals surface area contributed by atoms with Crippen molar-refractivity contribution in [2.75, 3.05) is 0 Å². The van der Waals surface area contributed by atoms with Gasteiger partial charge >= 0.3 is 0 Å². The molecule has 0 aliphatic rings. The predicted octanol–water partition coefficient (Wildman–Crippen LogP) is 4.27. The van der Waals surface area contributed by atoms with Crippen molar-refractivity contribution in [1.29, 1.82) is 0 Å². The van der Waals surface area contributed by atoms with Crippen molar-refractivity contribution >= 4 is 34.3 Å². The summed E-state index contributed by atoms with van der Waals surface area (Å²) < 4.78 is 1.68. The first-order valence-corrected chi connectivity index (χ1v) is 10.1. The molecule has 7 nitrogen and oxygen atoms in total. The number of hydrazine groups is 1. The van der Waals surface area contributed by atoms with E-state index in [0.29, 0.717) is 21.8 Å². The molecule has 2 aromatic carbocycles. The van der Waals surface area contributed by atoms with Gasteiger partial charge < -0.3 is 0 Å². The molecule has 31 heavy (non-hydrogen) atoms. The minimum atomic E-state index is -0.507. The number of hydrogen-bond acceptors (Lipinski definition) is 4. The van der Waals surface area contributed by atoms with Crippen LogP contribution < -0.4 is 10.9 Å². The minimum Gasteiger partial charge on any atom is -0.267 e. The number of amides is 2. The Kier molecular flexibility index (Phi) is 5.68. The number of carbonyl (C=O) groups is 2. The van der Waals surface area contributed by atoms with E-state index >= 15 is 0 Å². The minimum absolute atomic E-state index is 0.0000811. The standard InChI is InChI=1S/C23H20ClN5O2/c1-14(2)21-18(13-25-29(21)17-8-5-7-16(24)12-17)22(30)27-28-23(31)20-11-10-15-6-3-4-9-19(15)26-20/h3-14H,1-2H3,(H,27,30)(H,28,31). The lowest BCUT2D eigenvalue weighted by Gasteiger charge is -2.13. The van der Waals surface area contributed by atoms with Gasteiger partial charge in [0.2, 0.25) is 0 Å². The van der Waals surface area contributed by atoms with E-state index in [2.05, 4.69) is 20.9 Å². The van der Waals surface area contributed by atoms with Crippen LogP contribution >= 0.6 is 11.6 Å². The van der Waals surface area contributed by atoms with E-state index in [0.717, 1.165) is 11.1 Å². The molecule has 2 aromatic heterocycles. The Bertz CT molecular complexity index is 1280. The number of para-hydroxylation sites is 1. The highest BCUT2D eigenvalue weighted by molar-refractivity contribution is 6.30. The number of fused-ring (bicyclic) bond motifs is 1. The summed E-state index contributed by atoms with van der Waals surface area (Å²) in [6.07, 6.45) is 1.48. The molecule has 0 spiro atoms. The predicted molar refractivity (Wildman–Crippen MR) is 119 cm³/mol. The largest absolute Gasteiger partial charge is 0.288 e. The van der Waals surface area contributed by atoms with Crippen molar-refractivity contribution in [3.05, 3.63) is 88.8 Å². The van der Waals surface area contributed by atoms with E-state index in [-0.39, 0.29) is 11.6 Å². The maximum atomic E-state index is 12.8. The molecule has 4 rings (SSSR count). The summed E-state index contributed by atoms with van der Waals surface area (Å²) in [5, 5.41) is 5.86. The molecule has 2 heterocycles. The van der Waals surface area contributed by atoms with Crippen LogP contribution in [0.25, 0.3) is 16.6 Å². The third-order valence-electron chi connectivity index (χ3n) is 4.77. The molecule has 0 atom stereocenters. The molecule has 2 N–H and O–H groups in total. The summed E-state index contributed by atoms with van der Waals surface area (Å²) in [5.74, 6) is -0.973. The number of aromatic nitrogens is 3. The van der Waals surface area contributed by atoms with Gasteiger partial charge in [-0.2, -0.15) is 5.10 Å². The number of nitrogens with zero attached hydrogens (tertiary/aromatic N) is 3. The smallest absolute Gasteiger partial charge is 0.267 e. The molecule has 0 aliphatic heterocycles. The molecule has 0 unspecified atom stereocenters. The van der Waals surface area contributed by atoms with Gasteiger partial charge in [0, 0.05) is 10.4 Å². The van der Waals surface area contributed by atoms with Crippen molar-refractivity contribution in [3.8, 4) is 5.69 Å². The molecule has 0 fully saturated rings. The van der Waals surface area contributed by atoms with Gasteiger partial charge in [-0.15, -0.1) is 0 Å². The Morgan fingerprint density at radius 1 is 0.968 bits per heavy atom. The van der Waals surface area contributed by atoms with Gasteiger partial charge in [0.1, 0.15) is 5.69 Å². The first-order chi connectivity index (χ1) is 14.9. The second-order valence-corrected chi connectivity index (χ2v) is 7.72. The molecular weight excluding hydrogens is 414 g/mol. The zero-order valence-electron chi connectivity index (χ0n) is 17.0. The number of carbonyl (C=O) groups excluding carboxylic acids is 2. The number of nitrogens with one attached hydrogen (secondary N) is 2. The normalized spacial score (nSPS) is 11.0. The Morgan fingerprint density at radius 2 is 1.74 bits per heavy atom. The van der Waals surface area contributed by atoms with E-state index in [1.165, 1.54) is 6.20 Å². The molecule has 8 heteroatoms. The fourth-order valence-electron chi connectivity index (χ4n) is 3.34. The van der Waals surface area contributed by atoms with Crippen LogP contribution in [-0.2, 0) is 0 Å². The molecule has 0 bridgehead atoms. The topological polar surface area (TPSA) is 88.9 Å². The van der Waals surface area contributed by atoms with Crippen LogP contribution in [0.15, 0.2) is 66.9 Å². The number of hydrogen-bond donors (Lipinski definition) is 2. The summed E-state index contributed by atoms with van der Waals surface area (Å²) in [6.45, 7) is 3.93. The van der Waals surface area contributed by atoms with Crippen LogP contribution in [-0.4, -0.2) is 26.6 Å². The summed E-state index contributed by atoms with van der Waals surface area (Å²) in [4.78, 5) is 29.6. The Morgan fingerprint density at radius 3 is 2.52 bits per heavy atom. The lowest BCUT2D eigenvalue weighted by Crippen LogP contribution is -2.42. The van der Waals surface area contributed by atoms with Gasteiger partial charge in [-0.05, 0) is 36.2 Å². The van der Waals surface area contributed by atoms with Crippen LogP contribution in [0.3, 0.4) is 0 Å². The molecule has 156 valence electrons. The molecular formula is C23H20ClN5O2. The monoisotopic (exact) mass is 433 g/mol. The lowest BCUT2D eigenvalue weighted by atomic mass is 10.1. The van der Waals surface area contributed by atoms with E-state index in [9.17, 15) is 9.59 Å². The molecule has 2 amide bonds. The molecule has 0 radical (unpaired) electrons. The summed E-state index contributed by atoms with van der Waals surface area (Å²) in [5.41, 5.74) is 7.61. The maximum Gasteiger partial charge on any atom is 0.288 e. The van der Waals surface area contributed by atoms with Gasteiger partial charge in [0.05, 0.1) is 28.7 Å². The van der Waals surface area contributed by atoms with Crippen LogP contribution in [0.4, 0.5) is 0 Å². The Balaban J connectivity index is 1.53. The van der Waals surface area contributed by atoms with Gasteiger partial charge in [-0.1, -0.05) is 55.8 Å². The third kappa shape index (κ3) is 4.27. The fourth-order valence-corrected chi connectivity index (χ4v) is 3.52. The van der Waals surface area contributed by atoms with Gasteiger partial charge in [0.15, 0.2) is 0 Å². The zero-order chi connectivity index (χ0) is 22.0. The summed E-state index contributed by atoms with van der Waals surface area (Å²) in [6, 6.07) is 18.1. The molecule has 0 saturated heterocycles. The highest BCUT2D eigenvalue weighted by Crippen LogP contribution is 2.24. The van der Waals surface area contributed by atoms with Crippen LogP contribution in [0.1, 0.15) is 46.3 Å². The lowest BCUT2D eigenvalue weighted by molar-refractivity contribution is 0.0843. The Hall–Kier alpha value is -3.71. The second-order valence-electron chi connectivity index (χ2n) is 7.29. The number of benzene rings is 2. The zero-order valence-corrected chi connectivity index (χ0v) is 17.7. The molecule has 4 aromatic rings. The van der Waals surface area contributed by atoms with Crippen molar-refractivity contribution < 1.29 is 9.59 Å².